The first-order valence-corrected chi connectivity index (χ1v) is 8.62. The summed E-state index contributed by atoms with van der Waals surface area (Å²) in [5.41, 5.74) is 1.37. The van der Waals surface area contributed by atoms with Crippen molar-refractivity contribution in [2.45, 2.75) is 17.7 Å². The number of halogens is 1. The van der Waals surface area contributed by atoms with Crippen LogP contribution in [0.4, 0.5) is 5.69 Å². The van der Waals surface area contributed by atoms with Crippen LogP contribution in [0, 0.1) is 6.92 Å². The maximum atomic E-state index is 12.3. The van der Waals surface area contributed by atoms with Gasteiger partial charge in [-0.3, -0.25) is 4.72 Å². The molecule has 1 aromatic heterocycles. The van der Waals surface area contributed by atoms with E-state index in [2.05, 4.69) is 10.0 Å². The first-order valence-electron chi connectivity index (χ1n) is 5.94. The molecule has 2 rings (SSSR count). The van der Waals surface area contributed by atoms with Crippen LogP contribution in [-0.4, -0.2) is 15.5 Å². The summed E-state index contributed by atoms with van der Waals surface area (Å²) in [6.07, 6.45) is 0. The van der Waals surface area contributed by atoms with E-state index >= 15 is 0 Å². The average molecular weight is 331 g/mol. The Morgan fingerprint density at radius 2 is 2.00 bits per heavy atom. The molecule has 0 saturated carbocycles. The fourth-order valence-electron chi connectivity index (χ4n) is 1.63. The highest BCUT2D eigenvalue weighted by Crippen LogP contribution is 2.26. The van der Waals surface area contributed by atoms with Crippen LogP contribution in [0.1, 0.15) is 10.4 Å². The molecular weight excluding hydrogens is 316 g/mol. The van der Waals surface area contributed by atoms with E-state index < -0.39 is 10.0 Å². The number of hydrogen-bond acceptors (Lipinski definition) is 4. The quantitative estimate of drug-likeness (QED) is 0.885. The summed E-state index contributed by atoms with van der Waals surface area (Å²) in [7, 11) is -1.74. The summed E-state index contributed by atoms with van der Waals surface area (Å²) in [6.45, 7) is 2.51. The summed E-state index contributed by atoms with van der Waals surface area (Å²) in [5, 5.41) is 3.52. The van der Waals surface area contributed by atoms with E-state index in [1.54, 1.807) is 30.3 Å². The van der Waals surface area contributed by atoms with E-state index in [1.165, 1.54) is 11.3 Å². The first kappa shape index (κ1) is 15.3. The molecule has 0 aliphatic rings. The zero-order valence-electron chi connectivity index (χ0n) is 11.1. The number of hydrogen-bond donors (Lipinski definition) is 2. The Labute approximate surface area is 127 Å². The van der Waals surface area contributed by atoms with Crippen molar-refractivity contribution in [3.8, 4) is 0 Å². The molecular formula is C13H15ClN2O2S2. The van der Waals surface area contributed by atoms with Gasteiger partial charge < -0.3 is 5.32 Å². The standard InChI is InChI=1S/C13H15ClN2O2S2/c1-9-3-4-10(7-12(9)14)16-20(17,18)13-6-5-11(19-13)8-15-2/h3-7,15-16H,8H2,1-2H3. The number of thiophene rings is 1. The lowest BCUT2D eigenvalue weighted by molar-refractivity contribution is 0.603. The van der Waals surface area contributed by atoms with Crippen molar-refractivity contribution in [2.75, 3.05) is 11.8 Å². The van der Waals surface area contributed by atoms with E-state index in [1.807, 2.05) is 14.0 Å². The fraction of sp³-hybridized carbons (Fsp3) is 0.231. The van der Waals surface area contributed by atoms with Gasteiger partial charge >= 0.3 is 0 Å². The second-order valence-corrected chi connectivity index (χ2v) is 7.81. The molecule has 0 amide bonds. The zero-order chi connectivity index (χ0) is 14.8. The van der Waals surface area contributed by atoms with Crippen LogP contribution in [0.15, 0.2) is 34.5 Å². The Morgan fingerprint density at radius 3 is 2.65 bits per heavy atom. The molecule has 1 aromatic carbocycles. The third-order valence-electron chi connectivity index (χ3n) is 2.68. The molecule has 0 aliphatic heterocycles. The van der Waals surface area contributed by atoms with Crippen molar-refractivity contribution in [3.63, 3.8) is 0 Å². The fourth-order valence-corrected chi connectivity index (χ4v) is 4.23. The van der Waals surface area contributed by atoms with Crippen LogP contribution in [0.2, 0.25) is 5.02 Å². The smallest absolute Gasteiger partial charge is 0.271 e. The first-order chi connectivity index (χ1) is 9.42. The van der Waals surface area contributed by atoms with Crippen molar-refractivity contribution in [1.29, 1.82) is 0 Å². The zero-order valence-corrected chi connectivity index (χ0v) is 13.5. The Hall–Kier alpha value is -1.08. The highest BCUT2D eigenvalue weighted by atomic mass is 35.5. The molecule has 1 heterocycles. The van der Waals surface area contributed by atoms with E-state index in [9.17, 15) is 8.42 Å². The topological polar surface area (TPSA) is 58.2 Å². The molecule has 20 heavy (non-hydrogen) atoms. The molecule has 0 unspecified atom stereocenters. The molecule has 0 radical (unpaired) electrons. The molecule has 0 atom stereocenters. The highest BCUT2D eigenvalue weighted by Gasteiger charge is 2.17. The van der Waals surface area contributed by atoms with Gasteiger partial charge in [-0.15, -0.1) is 11.3 Å². The van der Waals surface area contributed by atoms with Gasteiger partial charge in [-0.2, -0.15) is 0 Å². The predicted molar refractivity (Wildman–Crippen MR) is 84.1 cm³/mol. The lowest BCUT2D eigenvalue weighted by Gasteiger charge is -2.07. The molecule has 0 saturated heterocycles. The van der Waals surface area contributed by atoms with Crippen LogP contribution < -0.4 is 10.0 Å². The van der Waals surface area contributed by atoms with Gasteiger partial charge in [-0.25, -0.2) is 8.42 Å². The van der Waals surface area contributed by atoms with Gasteiger partial charge in [0, 0.05) is 16.4 Å². The number of anilines is 1. The number of aryl methyl sites for hydroxylation is 1. The summed E-state index contributed by atoms with van der Waals surface area (Å²) in [6, 6.07) is 8.49. The largest absolute Gasteiger partial charge is 0.315 e. The van der Waals surface area contributed by atoms with Gasteiger partial charge in [-0.05, 0) is 43.8 Å². The number of nitrogens with one attached hydrogen (secondary N) is 2. The Kier molecular flexibility index (Phi) is 4.70. The second kappa shape index (κ2) is 6.13. The van der Waals surface area contributed by atoms with Crippen LogP contribution in [0.3, 0.4) is 0 Å². The van der Waals surface area contributed by atoms with E-state index in [0.29, 0.717) is 21.5 Å². The average Bonchev–Trinajstić information content (AvgIpc) is 2.83. The minimum atomic E-state index is -3.56. The van der Waals surface area contributed by atoms with E-state index in [-0.39, 0.29) is 0 Å². The Morgan fingerprint density at radius 1 is 1.25 bits per heavy atom. The monoisotopic (exact) mass is 330 g/mol. The molecule has 2 aromatic rings. The van der Waals surface area contributed by atoms with Crippen molar-refractivity contribution in [3.05, 3.63) is 45.8 Å². The normalized spacial score (nSPS) is 11.6. The van der Waals surface area contributed by atoms with Crippen molar-refractivity contribution in [1.82, 2.24) is 5.32 Å². The maximum Gasteiger partial charge on any atom is 0.271 e. The molecule has 7 heteroatoms. The number of benzene rings is 1. The second-order valence-electron chi connectivity index (χ2n) is 4.32. The summed E-state index contributed by atoms with van der Waals surface area (Å²) < 4.78 is 27.3. The SMILES string of the molecule is CNCc1ccc(S(=O)(=O)Nc2ccc(C)c(Cl)c2)s1. The Balaban J connectivity index is 2.23. The van der Waals surface area contributed by atoms with E-state index in [4.69, 9.17) is 11.6 Å². The third kappa shape index (κ3) is 3.52. The molecule has 0 fully saturated rings. The highest BCUT2D eigenvalue weighted by molar-refractivity contribution is 7.94. The predicted octanol–water partition coefficient (Wildman–Crippen LogP) is 3.23. The van der Waals surface area contributed by atoms with Gasteiger partial charge in [0.15, 0.2) is 0 Å². The van der Waals surface area contributed by atoms with Crippen LogP contribution in [0.25, 0.3) is 0 Å². The molecule has 2 N–H and O–H groups in total. The van der Waals surface area contributed by atoms with Gasteiger partial charge in [-0.1, -0.05) is 17.7 Å². The van der Waals surface area contributed by atoms with Gasteiger partial charge in [0.25, 0.3) is 10.0 Å². The molecule has 108 valence electrons. The van der Waals surface area contributed by atoms with Crippen molar-refractivity contribution < 1.29 is 8.42 Å². The number of rotatable bonds is 5. The van der Waals surface area contributed by atoms with Crippen molar-refractivity contribution >= 4 is 38.6 Å². The molecule has 4 nitrogen and oxygen atoms in total. The van der Waals surface area contributed by atoms with Gasteiger partial charge in [0.2, 0.25) is 0 Å². The lowest BCUT2D eigenvalue weighted by atomic mass is 10.2. The maximum absolute atomic E-state index is 12.3. The van der Waals surface area contributed by atoms with Crippen molar-refractivity contribution in [2.24, 2.45) is 0 Å². The van der Waals surface area contributed by atoms with E-state index in [0.717, 1.165) is 10.4 Å². The molecule has 0 aliphatic carbocycles. The number of sulfonamides is 1. The van der Waals surface area contributed by atoms with Crippen LogP contribution >= 0.6 is 22.9 Å². The summed E-state index contributed by atoms with van der Waals surface area (Å²) >= 11 is 7.24. The lowest BCUT2D eigenvalue weighted by Crippen LogP contribution is -2.11. The third-order valence-corrected chi connectivity index (χ3v) is 6.04. The summed E-state index contributed by atoms with van der Waals surface area (Å²) in [5.74, 6) is 0. The van der Waals surface area contributed by atoms with Crippen LogP contribution in [0.5, 0.6) is 0 Å². The summed E-state index contributed by atoms with van der Waals surface area (Å²) in [4.78, 5) is 0.967. The van der Waals surface area contributed by atoms with Gasteiger partial charge in [0.1, 0.15) is 4.21 Å². The molecule has 0 bridgehead atoms. The Bertz CT molecular complexity index is 711. The minimum Gasteiger partial charge on any atom is -0.315 e. The minimum absolute atomic E-state index is 0.291. The van der Waals surface area contributed by atoms with Crippen LogP contribution in [-0.2, 0) is 16.6 Å². The molecule has 0 spiro atoms. The van der Waals surface area contributed by atoms with Gasteiger partial charge in [0.05, 0.1) is 5.69 Å².